The second kappa shape index (κ2) is 6.35. The minimum Gasteiger partial charge on any atom is -0.395 e. The van der Waals surface area contributed by atoms with Crippen LogP contribution in [0.4, 0.5) is 0 Å². The monoisotopic (exact) mass is 188 g/mol. The third-order valence-corrected chi connectivity index (χ3v) is 2.72. The van der Waals surface area contributed by atoms with E-state index < -0.39 is 0 Å². The van der Waals surface area contributed by atoms with Gasteiger partial charge in [-0.3, -0.25) is 4.90 Å². The fraction of sp³-hybridized carbons (Fsp3) is 1.00. The zero-order chi connectivity index (χ0) is 10.4. The fourth-order valence-electron chi connectivity index (χ4n) is 1.61. The molecule has 0 aromatic rings. The van der Waals surface area contributed by atoms with Gasteiger partial charge in [0.15, 0.2) is 0 Å². The van der Waals surface area contributed by atoms with Gasteiger partial charge in [-0.2, -0.15) is 0 Å². The van der Waals surface area contributed by atoms with Gasteiger partial charge in [0.25, 0.3) is 0 Å². The topological polar surface area (TPSA) is 49.5 Å². The number of likely N-dealkylation sites (N-methyl/N-ethyl adjacent to an activating group) is 1. The summed E-state index contributed by atoms with van der Waals surface area (Å²) < 4.78 is 0. The minimum absolute atomic E-state index is 0.0225. The molecule has 0 bridgehead atoms. The van der Waals surface area contributed by atoms with E-state index in [1.54, 1.807) is 0 Å². The van der Waals surface area contributed by atoms with Crippen LogP contribution < -0.4 is 5.73 Å². The zero-order valence-electron chi connectivity index (χ0n) is 9.33. The molecule has 0 fully saturated rings. The van der Waals surface area contributed by atoms with E-state index in [-0.39, 0.29) is 18.7 Å². The van der Waals surface area contributed by atoms with Crippen molar-refractivity contribution in [3.63, 3.8) is 0 Å². The number of rotatable bonds is 6. The van der Waals surface area contributed by atoms with Crippen molar-refractivity contribution in [2.24, 2.45) is 5.73 Å². The number of aliphatic hydroxyl groups is 1. The van der Waals surface area contributed by atoms with Gasteiger partial charge in [0.1, 0.15) is 0 Å². The summed E-state index contributed by atoms with van der Waals surface area (Å²) in [5, 5.41) is 9.16. The van der Waals surface area contributed by atoms with Crippen LogP contribution >= 0.6 is 0 Å². The summed E-state index contributed by atoms with van der Waals surface area (Å²) >= 11 is 0. The maximum atomic E-state index is 9.16. The van der Waals surface area contributed by atoms with Gasteiger partial charge >= 0.3 is 0 Å². The van der Waals surface area contributed by atoms with E-state index >= 15 is 0 Å². The standard InChI is InChI=1S/C10H24N2O/c1-5-6-8(2)12(4)10(7-13)9(3)11/h8-10,13H,5-7,11H2,1-4H3. The van der Waals surface area contributed by atoms with Crippen molar-refractivity contribution < 1.29 is 5.11 Å². The first kappa shape index (κ1) is 12.9. The lowest BCUT2D eigenvalue weighted by Gasteiger charge is -2.34. The molecule has 0 rings (SSSR count). The van der Waals surface area contributed by atoms with Gasteiger partial charge in [-0.05, 0) is 27.3 Å². The number of nitrogens with zero attached hydrogens (tertiary/aromatic N) is 1. The molecule has 3 atom stereocenters. The second-order valence-electron chi connectivity index (χ2n) is 3.91. The average molecular weight is 188 g/mol. The summed E-state index contributed by atoms with van der Waals surface area (Å²) in [6.45, 7) is 6.43. The normalized spacial score (nSPS) is 18.7. The van der Waals surface area contributed by atoms with Crippen molar-refractivity contribution in [1.82, 2.24) is 4.90 Å². The van der Waals surface area contributed by atoms with Gasteiger partial charge in [0.2, 0.25) is 0 Å². The molecule has 0 aliphatic rings. The van der Waals surface area contributed by atoms with E-state index in [0.717, 1.165) is 6.42 Å². The van der Waals surface area contributed by atoms with Gasteiger partial charge in [-0.15, -0.1) is 0 Å². The number of nitrogens with two attached hydrogens (primary N) is 1. The third kappa shape index (κ3) is 4.07. The maximum Gasteiger partial charge on any atom is 0.0601 e. The lowest BCUT2D eigenvalue weighted by atomic mass is 10.1. The maximum absolute atomic E-state index is 9.16. The Morgan fingerprint density at radius 1 is 1.38 bits per heavy atom. The molecule has 13 heavy (non-hydrogen) atoms. The zero-order valence-corrected chi connectivity index (χ0v) is 9.33. The van der Waals surface area contributed by atoms with Crippen molar-refractivity contribution in [2.45, 2.75) is 51.7 Å². The highest BCUT2D eigenvalue weighted by Crippen LogP contribution is 2.09. The molecule has 0 amide bonds. The van der Waals surface area contributed by atoms with Crippen molar-refractivity contribution in [1.29, 1.82) is 0 Å². The Morgan fingerprint density at radius 2 is 1.92 bits per heavy atom. The Bertz CT molecular complexity index is 128. The van der Waals surface area contributed by atoms with E-state index in [1.807, 2.05) is 14.0 Å². The molecule has 0 spiro atoms. The molecule has 0 saturated heterocycles. The summed E-state index contributed by atoms with van der Waals surface area (Å²) in [6, 6.07) is 0.601. The van der Waals surface area contributed by atoms with Gasteiger partial charge in [-0.1, -0.05) is 13.3 Å². The summed E-state index contributed by atoms with van der Waals surface area (Å²) in [4.78, 5) is 2.17. The summed E-state index contributed by atoms with van der Waals surface area (Å²) in [6.07, 6.45) is 2.32. The van der Waals surface area contributed by atoms with E-state index in [9.17, 15) is 0 Å². The Balaban J connectivity index is 4.10. The molecule has 0 saturated carbocycles. The van der Waals surface area contributed by atoms with Crippen LogP contribution in [0.15, 0.2) is 0 Å². The summed E-state index contributed by atoms with van der Waals surface area (Å²) in [5.74, 6) is 0. The largest absolute Gasteiger partial charge is 0.395 e. The molecule has 0 aromatic carbocycles. The molecule has 3 heteroatoms. The summed E-state index contributed by atoms with van der Waals surface area (Å²) in [5.41, 5.74) is 5.78. The van der Waals surface area contributed by atoms with Crippen LogP contribution in [-0.4, -0.2) is 41.8 Å². The van der Waals surface area contributed by atoms with Crippen LogP contribution in [-0.2, 0) is 0 Å². The molecule has 3 unspecified atom stereocenters. The van der Waals surface area contributed by atoms with E-state index in [1.165, 1.54) is 6.42 Å². The molecule has 0 aliphatic heterocycles. The van der Waals surface area contributed by atoms with Crippen LogP contribution in [0.2, 0.25) is 0 Å². The van der Waals surface area contributed by atoms with Crippen LogP contribution in [0.1, 0.15) is 33.6 Å². The van der Waals surface area contributed by atoms with Gasteiger partial charge in [0, 0.05) is 18.1 Å². The Hall–Kier alpha value is -0.120. The molecular formula is C10H24N2O. The third-order valence-electron chi connectivity index (χ3n) is 2.72. The van der Waals surface area contributed by atoms with Crippen LogP contribution in [0.25, 0.3) is 0 Å². The molecule has 0 heterocycles. The summed E-state index contributed by atoms with van der Waals surface area (Å²) in [7, 11) is 2.03. The fourth-order valence-corrected chi connectivity index (χ4v) is 1.61. The average Bonchev–Trinajstić information content (AvgIpc) is 2.05. The predicted molar refractivity (Wildman–Crippen MR) is 56.7 cm³/mol. The first-order valence-corrected chi connectivity index (χ1v) is 5.12. The highest BCUT2D eigenvalue weighted by Gasteiger charge is 2.21. The highest BCUT2D eigenvalue weighted by atomic mass is 16.3. The Labute approximate surface area is 81.9 Å². The lowest BCUT2D eigenvalue weighted by molar-refractivity contribution is 0.0969. The molecule has 0 aliphatic carbocycles. The van der Waals surface area contributed by atoms with Crippen LogP contribution in [0.5, 0.6) is 0 Å². The number of aliphatic hydroxyl groups excluding tert-OH is 1. The van der Waals surface area contributed by atoms with Crippen LogP contribution in [0.3, 0.4) is 0 Å². The van der Waals surface area contributed by atoms with Gasteiger partial charge in [-0.25, -0.2) is 0 Å². The van der Waals surface area contributed by atoms with E-state index in [4.69, 9.17) is 10.8 Å². The van der Waals surface area contributed by atoms with E-state index in [0.29, 0.717) is 6.04 Å². The second-order valence-corrected chi connectivity index (χ2v) is 3.91. The Kier molecular flexibility index (Phi) is 6.29. The smallest absolute Gasteiger partial charge is 0.0601 e. The van der Waals surface area contributed by atoms with Crippen molar-refractivity contribution in [3.05, 3.63) is 0 Å². The predicted octanol–water partition coefficient (Wildman–Crippen LogP) is 0.815. The molecular weight excluding hydrogens is 164 g/mol. The molecule has 3 N–H and O–H groups in total. The molecule has 0 aromatic heterocycles. The van der Waals surface area contributed by atoms with Crippen LogP contribution in [0, 0.1) is 0 Å². The number of hydrogen-bond donors (Lipinski definition) is 2. The Morgan fingerprint density at radius 3 is 2.23 bits per heavy atom. The van der Waals surface area contributed by atoms with E-state index in [2.05, 4.69) is 18.7 Å². The first-order valence-electron chi connectivity index (χ1n) is 5.12. The highest BCUT2D eigenvalue weighted by molar-refractivity contribution is 4.79. The van der Waals surface area contributed by atoms with Crippen molar-refractivity contribution in [2.75, 3.05) is 13.7 Å². The SMILES string of the molecule is CCCC(C)N(C)C(CO)C(C)N. The number of hydrogen-bond acceptors (Lipinski definition) is 3. The molecule has 0 radical (unpaired) electrons. The molecule has 80 valence electrons. The van der Waals surface area contributed by atoms with Crippen molar-refractivity contribution in [3.8, 4) is 0 Å². The van der Waals surface area contributed by atoms with Gasteiger partial charge in [0.05, 0.1) is 6.61 Å². The molecule has 3 nitrogen and oxygen atoms in total. The lowest BCUT2D eigenvalue weighted by Crippen LogP contribution is -2.50. The quantitative estimate of drug-likeness (QED) is 0.648. The van der Waals surface area contributed by atoms with Gasteiger partial charge < -0.3 is 10.8 Å². The minimum atomic E-state index is 0.0225. The first-order chi connectivity index (χ1) is 6.04. The van der Waals surface area contributed by atoms with Crippen molar-refractivity contribution >= 4 is 0 Å².